The van der Waals surface area contributed by atoms with Gasteiger partial charge >= 0.3 is 0 Å². The summed E-state index contributed by atoms with van der Waals surface area (Å²) in [4.78, 5) is 12.7. The van der Waals surface area contributed by atoms with Crippen molar-refractivity contribution in [3.8, 4) is 5.75 Å². The van der Waals surface area contributed by atoms with E-state index in [4.69, 9.17) is 4.74 Å². The first-order valence-corrected chi connectivity index (χ1v) is 10.4. The Morgan fingerprint density at radius 1 is 1.12 bits per heavy atom. The van der Waals surface area contributed by atoms with E-state index < -0.39 is 9.84 Å². The van der Waals surface area contributed by atoms with Crippen LogP contribution in [0.15, 0.2) is 53.4 Å². The van der Waals surface area contributed by atoms with E-state index in [1.54, 1.807) is 48.5 Å². The molecule has 0 bridgehead atoms. The second-order valence-electron chi connectivity index (χ2n) is 6.39. The first-order valence-electron chi connectivity index (χ1n) is 8.89. The minimum absolute atomic E-state index is 0.272. The first kappa shape index (κ1) is 18.5. The van der Waals surface area contributed by atoms with Crippen molar-refractivity contribution in [3.63, 3.8) is 0 Å². The molecule has 1 saturated carbocycles. The predicted octanol–water partition coefficient (Wildman–Crippen LogP) is 4.05. The Morgan fingerprint density at radius 2 is 1.81 bits per heavy atom. The number of rotatable bonds is 6. The Bertz CT molecular complexity index is 869. The highest BCUT2D eigenvalue weighted by Crippen LogP contribution is 2.30. The van der Waals surface area contributed by atoms with Gasteiger partial charge in [-0.3, -0.25) is 4.79 Å². The van der Waals surface area contributed by atoms with E-state index >= 15 is 0 Å². The molecule has 6 heteroatoms. The fourth-order valence-corrected chi connectivity index (χ4v) is 5.11. The Balaban J connectivity index is 1.75. The van der Waals surface area contributed by atoms with Crippen LogP contribution in [0.1, 0.15) is 43.0 Å². The number of nitrogens with one attached hydrogen (secondary N) is 1. The third-order valence-electron chi connectivity index (χ3n) is 4.59. The minimum Gasteiger partial charge on any atom is -0.494 e. The third kappa shape index (κ3) is 4.07. The highest BCUT2D eigenvalue weighted by Gasteiger charge is 2.30. The molecule has 0 radical (unpaired) electrons. The van der Waals surface area contributed by atoms with Gasteiger partial charge < -0.3 is 10.1 Å². The van der Waals surface area contributed by atoms with Gasteiger partial charge in [-0.1, -0.05) is 18.9 Å². The highest BCUT2D eigenvalue weighted by atomic mass is 32.2. The molecule has 2 aromatic carbocycles. The first-order chi connectivity index (χ1) is 12.5. The molecule has 2 aromatic rings. The van der Waals surface area contributed by atoms with Crippen molar-refractivity contribution < 1.29 is 17.9 Å². The van der Waals surface area contributed by atoms with Crippen molar-refractivity contribution in [1.29, 1.82) is 0 Å². The summed E-state index contributed by atoms with van der Waals surface area (Å²) >= 11 is 0. The summed E-state index contributed by atoms with van der Waals surface area (Å²) in [6.07, 6.45) is 3.34. The van der Waals surface area contributed by atoms with Gasteiger partial charge in [0.1, 0.15) is 5.75 Å². The summed E-state index contributed by atoms with van der Waals surface area (Å²) < 4.78 is 30.8. The zero-order valence-electron chi connectivity index (χ0n) is 14.8. The third-order valence-corrected chi connectivity index (χ3v) is 6.85. The van der Waals surface area contributed by atoms with Gasteiger partial charge in [-0.15, -0.1) is 0 Å². The topological polar surface area (TPSA) is 72.5 Å². The number of hydrogen-bond acceptors (Lipinski definition) is 4. The fourth-order valence-electron chi connectivity index (χ4n) is 3.21. The van der Waals surface area contributed by atoms with Gasteiger partial charge in [-0.25, -0.2) is 8.42 Å². The molecule has 0 aliphatic heterocycles. The largest absolute Gasteiger partial charge is 0.494 e. The lowest BCUT2D eigenvalue weighted by molar-refractivity contribution is 0.102. The summed E-state index contributed by atoms with van der Waals surface area (Å²) in [6, 6.07) is 13.3. The van der Waals surface area contributed by atoms with Crippen LogP contribution in [-0.2, 0) is 9.84 Å². The van der Waals surface area contributed by atoms with Crippen molar-refractivity contribution in [1.82, 2.24) is 0 Å². The molecule has 5 nitrogen and oxygen atoms in total. The second-order valence-corrected chi connectivity index (χ2v) is 8.62. The number of benzene rings is 2. The summed E-state index contributed by atoms with van der Waals surface area (Å²) in [5.41, 5.74) is 0.959. The maximum atomic E-state index is 12.7. The maximum absolute atomic E-state index is 12.7. The molecule has 0 unspecified atom stereocenters. The van der Waals surface area contributed by atoms with Gasteiger partial charge in [0.2, 0.25) is 0 Å². The van der Waals surface area contributed by atoms with Crippen LogP contribution in [0.4, 0.5) is 5.69 Å². The lowest BCUT2D eigenvalue weighted by Gasteiger charge is -2.13. The zero-order valence-corrected chi connectivity index (χ0v) is 15.6. The van der Waals surface area contributed by atoms with Crippen LogP contribution < -0.4 is 10.1 Å². The van der Waals surface area contributed by atoms with Crippen LogP contribution in [0.25, 0.3) is 0 Å². The smallest absolute Gasteiger partial charge is 0.255 e. The molecule has 26 heavy (non-hydrogen) atoms. The molecular formula is C20H23NO4S. The molecule has 0 saturated heterocycles. The van der Waals surface area contributed by atoms with Crippen molar-refractivity contribution in [2.45, 2.75) is 42.8 Å². The van der Waals surface area contributed by atoms with Crippen molar-refractivity contribution in [3.05, 3.63) is 54.1 Å². The van der Waals surface area contributed by atoms with Gasteiger partial charge in [0.15, 0.2) is 9.84 Å². The SMILES string of the molecule is CCOc1ccc(C(=O)Nc2cccc(S(=O)(=O)C3CCCC3)c2)cc1. The monoisotopic (exact) mass is 373 g/mol. The standard InChI is InChI=1S/C20H23NO4S/c1-2-25-17-12-10-15(11-13-17)20(22)21-16-6-5-9-19(14-16)26(23,24)18-7-3-4-8-18/h5-6,9-14,18H,2-4,7-8H2,1H3,(H,21,22). The number of hydrogen-bond donors (Lipinski definition) is 1. The fraction of sp³-hybridized carbons (Fsp3) is 0.350. The number of carbonyl (C=O) groups excluding carboxylic acids is 1. The lowest BCUT2D eigenvalue weighted by atomic mass is 10.2. The molecule has 138 valence electrons. The van der Waals surface area contributed by atoms with E-state index in [1.807, 2.05) is 6.92 Å². The molecule has 0 atom stereocenters. The molecule has 1 fully saturated rings. The van der Waals surface area contributed by atoms with Crippen LogP contribution in [0.2, 0.25) is 0 Å². The second kappa shape index (κ2) is 7.91. The number of ether oxygens (including phenoxy) is 1. The summed E-state index contributed by atoms with van der Waals surface area (Å²) in [5, 5.41) is 2.46. The number of carbonyl (C=O) groups is 1. The van der Waals surface area contributed by atoms with E-state index in [1.165, 1.54) is 0 Å². The molecule has 0 heterocycles. The van der Waals surface area contributed by atoms with Gasteiger partial charge in [0, 0.05) is 11.3 Å². The Kier molecular flexibility index (Phi) is 5.61. The Morgan fingerprint density at radius 3 is 2.46 bits per heavy atom. The van der Waals surface area contributed by atoms with Gasteiger partial charge in [-0.05, 0) is 62.2 Å². The molecule has 1 aliphatic rings. The number of amides is 1. The Labute approximate surface area is 154 Å². The van der Waals surface area contributed by atoms with E-state index in [-0.39, 0.29) is 16.1 Å². The number of sulfone groups is 1. The van der Waals surface area contributed by atoms with Crippen LogP contribution in [-0.4, -0.2) is 26.2 Å². The molecular weight excluding hydrogens is 350 g/mol. The van der Waals surface area contributed by atoms with Crippen LogP contribution >= 0.6 is 0 Å². The minimum atomic E-state index is -3.34. The van der Waals surface area contributed by atoms with Crippen molar-refractivity contribution >= 4 is 21.4 Å². The number of anilines is 1. The van der Waals surface area contributed by atoms with Crippen LogP contribution in [0.5, 0.6) is 5.75 Å². The van der Waals surface area contributed by atoms with Crippen LogP contribution in [0, 0.1) is 0 Å². The van der Waals surface area contributed by atoms with E-state index in [0.29, 0.717) is 36.4 Å². The summed E-state index contributed by atoms with van der Waals surface area (Å²) in [5.74, 6) is 0.414. The van der Waals surface area contributed by atoms with Gasteiger partial charge in [0.05, 0.1) is 16.8 Å². The maximum Gasteiger partial charge on any atom is 0.255 e. The average molecular weight is 373 g/mol. The lowest BCUT2D eigenvalue weighted by Crippen LogP contribution is -2.18. The van der Waals surface area contributed by atoms with E-state index in [2.05, 4.69) is 5.32 Å². The highest BCUT2D eigenvalue weighted by molar-refractivity contribution is 7.92. The molecule has 0 aromatic heterocycles. The molecule has 0 spiro atoms. The van der Waals surface area contributed by atoms with Crippen molar-refractivity contribution in [2.24, 2.45) is 0 Å². The van der Waals surface area contributed by atoms with E-state index in [9.17, 15) is 13.2 Å². The summed E-state index contributed by atoms with van der Waals surface area (Å²) in [7, 11) is -3.34. The van der Waals surface area contributed by atoms with E-state index in [0.717, 1.165) is 12.8 Å². The summed E-state index contributed by atoms with van der Waals surface area (Å²) in [6.45, 7) is 2.46. The average Bonchev–Trinajstić information content (AvgIpc) is 3.18. The zero-order chi connectivity index (χ0) is 18.6. The quantitative estimate of drug-likeness (QED) is 0.829. The van der Waals surface area contributed by atoms with Crippen molar-refractivity contribution in [2.75, 3.05) is 11.9 Å². The normalized spacial score (nSPS) is 15.0. The van der Waals surface area contributed by atoms with Gasteiger partial charge in [-0.2, -0.15) is 0 Å². The molecule has 1 amide bonds. The van der Waals surface area contributed by atoms with Gasteiger partial charge in [0.25, 0.3) is 5.91 Å². The molecule has 3 rings (SSSR count). The Hall–Kier alpha value is -2.34. The molecule has 1 N–H and O–H groups in total. The van der Waals surface area contributed by atoms with Crippen LogP contribution in [0.3, 0.4) is 0 Å². The predicted molar refractivity (Wildman–Crippen MR) is 101 cm³/mol. The molecule has 1 aliphatic carbocycles.